The van der Waals surface area contributed by atoms with Crippen molar-refractivity contribution in [1.82, 2.24) is 4.90 Å². The highest BCUT2D eigenvalue weighted by molar-refractivity contribution is 5.78. The second-order valence-electron chi connectivity index (χ2n) is 6.07. The molecular formula is C20H23NO4. The molecule has 3 rings (SSSR count). The molecular weight excluding hydrogens is 318 g/mol. The van der Waals surface area contributed by atoms with E-state index in [1.54, 1.807) is 24.1 Å². The minimum absolute atomic E-state index is 0.0208. The molecule has 132 valence electrons. The van der Waals surface area contributed by atoms with Gasteiger partial charge in [-0.1, -0.05) is 29.8 Å². The maximum Gasteiger partial charge on any atom is 0.260 e. The van der Waals surface area contributed by atoms with E-state index in [4.69, 9.17) is 14.2 Å². The standard InChI is InChI=1S/C20H23NO4/c1-15-3-5-16(6-4-15)19-13-21(11-12-24-19)20(22)14-25-18-9-7-17(23-2)8-10-18/h3-10,19H,11-14H2,1-2H3. The van der Waals surface area contributed by atoms with Crippen LogP contribution in [-0.2, 0) is 9.53 Å². The van der Waals surface area contributed by atoms with Gasteiger partial charge in [0.1, 0.15) is 17.6 Å². The van der Waals surface area contributed by atoms with E-state index in [1.807, 2.05) is 12.1 Å². The molecule has 0 N–H and O–H groups in total. The summed E-state index contributed by atoms with van der Waals surface area (Å²) in [6.07, 6.45) is -0.0840. The van der Waals surface area contributed by atoms with Crippen LogP contribution in [-0.4, -0.2) is 44.2 Å². The van der Waals surface area contributed by atoms with Gasteiger partial charge in [0.05, 0.1) is 20.3 Å². The smallest absolute Gasteiger partial charge is 0.260 e. The number of ether oxygens (including phenoxy) is 3. The molecule has 1 aliphatic rings. The summed E-state index contributed by atoms with van der Waals surface area (Å²) in [6.45, 7) is 3.75. The molecule has 0 aliphatic carbocycles. The van der Waals surface area contributed by atoms with Crippen LogP contribution in [0.15, 0.2) is 48.5 Å². The first-order valence-electron chi connectivity index (χ1n) is 8.38. The number of aryl methyl sites for hydroxylation is 1. The fourth-order valence-electron chi connectivity index (χ4n) is 2.77. The number of benzene rings is 2. The summed E-state index contributed by atoms with van der Waals surface area (Å²) in [5.74, 6) is 1.38. The number of rotatable bonds is 5. The molecule has 0 bridgehead atoms. The van der Waals surface area contributed by atoms with Crippen molar-refractivity contribution in [3.63, 3.8) is 0 Å². The highest BCUT2D eigenvalue weighted by atomic mass is 16.5. The number of hydrogen-bond acceptors (Lipinski definition) is 4. The molecule has 0 spiro atoms. The zero-order valence-corrected chi connectivity index (χ0v) is 14.6. The summed E-state index contributed by atoms with van der Waals surface area (Å²) in [6, 6.07) is 15.4. The van der Waals surface area contributed by atoms with Crippen molar-refractivity contribution in [2.75, 3.05) is 33.4 Å². The Labute approximate surface area is 148 Å². The molecule has 5 nitrogen and oxygen atoms in total. The lowest BCUT2D eigenvalue weighted by atomic mass is 10.1. The highest BCUT2D eigenvalue weighted by Gasteiger charge is 2.25. The average Bonchev–Trinajstić information content (AvgIpc) is 2.67. The Morgan fingerprint density at radius 1 is 1.12 bits per heavy atom. The molecule has 1 aliphatic heterocycles. The summed E-state index contributed by atoms with van der Waals surface area (Å²) in [5.41, 5.74) is 2.31. The third-order valence-electron chi connectivity index (χ3n) is 4.29. The Hall–Kier alpha value is -2.53. The molecule has 1 heterocycles. The number of nitrogens with zero attached hydrogens (tertiary/aromatic N) is 1. The molecule has 2 aromatic carbocycles. The average molecular weight is 341 g/mol. The van der Waals surface area contributed by atoms with E-state index in [9.17, 15) is 4.79 Å². The highest BCUT2D eigenvalue weighted by Crippen LogP contribution is 2.23. The van der Waals surface area contributed by atoms with Crippen LogP contribution in [0.25, 0.3) is 0 Å². The third-order valence-corrected chi connectivity index (χ3v) is 4.29. The van der Waals surface area contributed by atoms with E-state index < -0.39 is 0 Å². The van der Waals surface area contributed by atoms with Gasteiger partial charge >= 0.3 is 0 Å². The zero-order chi connectivity index (χ0) is 17.6. The first kappa shape index (κ1) is 17.3. The molecule has 1 saturated heterocycles. The monoisotopic (exact) mass is 341 g/mol. The molecule has 1 unspecified atom stereocenters. The number of carbonyl (C=O) groups excluding carboxylic acids is 1. The van der Waals surface area contributed by atoms with Crippen LogP contribution in [0.1, 0.15) is 17.2 Å². The van der Waals surface area contributed by atoms with Crippen LogP contribution in [0.3, 0.4) is 0 Å². The second kappa shape index (κ2) is 8.03. The van der Waals surface area contributed by atoms with Gasteiger partial charge < -0.3 is 19.1 Å². The topological polar surface area (TPSA) is 48.0 Å². The van der Waals surface area contributed by atoms with Gasteiger partial charge in [0.15, 0.2) is 6.61 Å². The predicted molar refractivity (Wildman–Crippen MR) is 94.9 cm³/mol. The first-order chi connectivity index (χ1) is 12.2. The molecule has 1 fully saturated rings. The van der Waals surface area contributed by atoms with Crippen molar-refractivity contribution in [3.8, 4) is 11.5 Å². The van der Waals surface area contributed by atoms with Gasteiger partial charge in [-0.05, 0) is 36.8 Å². The number of hydrogen-bond donors (Lipinski definition) is 0. The Balaban J connectivity index is 1.55. The zero-order valence-electron chi connectivity index (χ0n) is 14.6. The summed E-state index contributed by atoms with van der Waals surface area (Å²) >= 11 is 0. The molecule has 1 amide bonds. The number of amides is 1. The lowest BCUT2D eigenvalue weighted by Crippen LogP contribution is -2.44. The van der Waals surface area contributed by atoms with Crippen molar-refractivity contribution in [2.45, 2.75) is 13.0 Å². The van der Waals surface area contributed by atoms with Crippen molar-refractivity contribution < 1.29 is 19.0 Å². The van der Waals surface area contributed by atoms with Crippen LogP contribution in [0, 0.1) is 6.92 Å². The maximum atomic E-state index is 12.4. The number of morpholine rings is 1. The second-order valence-corrected chi connectivity index (χ2v) is 6.07. The van der Waals surface area contributed by atoms with Crippen molar-refractivity contribution in [2.24, 2.45) is 0 Å². The minimum Gasteiger partial charge on any atom is -0.497 e. The SMILES string of the molecule is COc1ccc(OCC(=O)N2CCOC(c3ccc(C)cc3)C2)cc1. The Bertz CT molecular complexity index is 697. The van der Waals surface area contributed by atoms with E-state index >= 15 is 0 Å². The molecule has 0 radical (unpaired) electrons. The van der Waals surface area contributed by atoms with Crippen molar-refractivity contribution in [3.05, 3.63) is 59.7 Å². The Morgan fingerprint density at radius 3 is 2.48 bits per heavy atom. The van der Waals surface area contributed by atoms with Crippen molar-refractivity contribution in [1.29, 1.82) is 0 Å². The third kappa shape index (κ3) is 4.51. The van der Waals surface area contributed by atoms with Gasteiger partial charge in [0, 0.05) is 6.54 Å². The van der Waals surface area contributed by atoms with Gasteiger partial charge in [-0.2, -0.15) is 0 Å². The maximum absolute atomic E-state index is 12.4. The van der Waals surface area contributed by atoms with Gasteiger partial charge in [-0.15, -0.1) is 0 Å². The van der Waals surface area contributed by atoms with Gasteiger partial charge in [0.2, 0.25) is 0 Å². The quantitative estimate of drug-likeness (QED) is 0.839. The summed E-state index contributed by atoms with van der Waals surface area (Å²) in [4.78, 5) is 14.2. The molecule has 5 heteroatoms. The Kier molecular flexibility index (Phi) is 5.56. The lowest BCUT2D eigenvalue weighted by Gasteiger charge is -2.33. The fourth-order valence-corrected chi connectivity index (χ4v) is 2.77. The Morgan fingerprint density at radius 2 is 1.80 bits per heavy atom. The molecule has 2 aromatic rings. The largest absolute Gasteiger partial charge is 0.497 e. The molecule has 0 aromatic heterocycles. The van der Waals surface area contributed by atoms with E-state index in [2.05, 4.69) is 31.2 Å². The van der Waals surface area contributed by atoms with E-state index in [0.29, 0.717) is 25.4 Å². The van der Waals surface area contributed by atoms with Crippen LogP contribution in [0.4, 0.5) is 0 Å². The van der Waals surface area contributed by atoms with Crippen LogP contribution < -0.4 is 9.47 Å². The molecule has 25 heavy (non-hydrogen) atoms. The lowest BCUT2D eigenvalue weighted by molar-refractivity contribution is -0.141. The van der Waals surface area contributed by atoms with Gasteiger partial charge in [-0.25, -0.2) is 0 Å². The first-order valence-corrected chi connectivity index (χ1v) is 8.38. The number of methoxy groups -OCH3 is 1. The van der Waals surface area contributed by atoms with Gasteiger partial charge in [-0.3, -0.25) is 4.79 Å². The van der Waals surface area contributed by atoms with Crippen molar-refractivity contribution >= 4 is 5.91 Å². The van der Waals surface area contributed by atoms with E-state index in [-0.39, 0.29) is 18.6 Å². The molecule has 1 atom stereocenters. The molecule has 0 saturated carbocycles. The van der Waals surface area contributed by atoms with Crippen LogP contribution >= 0.6 is 0 Å². The predicted octanol–water partition coefficient (Wildman–Crippen LogP) is 2.98. The van der Waals surface area contributed by atoms with E-state index in [0.717, 1.165) is 11.3 Å². The summed E-state index contributed by atoms with van der Waals surface area (Å²) < 4.78 is 16.5. The number of carbonyl (C=O) groups is 1. The normalized spacial score (nSPS) is 17.2. The van der Waals surface area contributed by atoms with Crippen LogP contribution in [0.5, 0.6) is 11.5 Å². The van der Waals surface area contributed by atoms with E-state index in [1.165, 1.54) is 5.56 Å². The van der Waals surface area contributed by atoms with Crippen LogP contribution in [0.2, 0.25) is 0 Å². The minimum atomic E-state index is -0.0840. The fraction of sp³-hybridized carbons (Fsp3) is 0.350. The van der Waals surface area contributed by atoms with Gasteiger partial charge in [0.25, 0.3) is 5.91 Å². The summed E-state index contributed by atoms with van der Waals surface area (Å²) in [5, 5.41) is 0. The summed E-state index contributed by atoms with van der Waals surface area (Å²) in [7, 11) is 1.61.